The molecule has 2 rings (SSSR count). The summed E-state index contributed by atoms with van der Waals surface area (Å²) in [4.78, 5) is 25.8. The summed E-state index contributed by atoms with van der Waals surface area (Å²) in [6.45, 7) is -0.131. The van der Waals surface area contributed by atoms with Crippen molar-refractivity contribution in [2.24, 2.45) is 0 Å². The van der Waals surface area contributed by atoms with Gasteiger partial charge in [-0.15, -0.1) is 0 Å². The largest absolute Gasteiger partial charge is 0.478 e. The number of amides is 1. The third-order valence-electron chi connectivity index (χ3n) is 2.85. The van der Waals surface area contributed by atoms with Crippen molar-refractivity contribution in [1.29, 1.82) is 0 Å². The Morgan fingerprint density at radius 3 is 2.38 bits per heavy atom. The van der Waals surface area contributed by atoms with Gasteiger partial charge in [0.25, 0.3) is 0 Å². The summed E-state index contributed by atoms with van der Waals surface area (Å²) in [5, 5.41) is 10.9. The van der Waals surface area contributed by atoms with Crippen LogP contribution in [0.25, 0.3) is 0 Å². The van der Waals surface area contributed by atoms with Crippen LogP contribution < -0.4 is 5.32 Å². The van der Waals surface area contributed by atoms with Crippen molar-refractivity contribution >= 4 is 17.9 Å². The van der Waals surface area contributed by atoms with Crippen molar-refractivity contribution in [2.45, 2.75) is 12.8 Å². The lowest BCUT2D eigenvalue weighted by atomic mass is 10.2. The molecular weight excluding hydrogens is 329 g/mol. The molecule has 0 aliphatic rings. The number of carboxylic acid groups (broad SMARTS) is 1. The topological polar surface area (TPSA) is 88.5 Å². The Morgan fingerprint density at radius 2 is 1.79 bits per heavy atom. The van der Waals surface area contributed by atoms with E-state index in [1.165, 1.54) is 0 Å². The predicted molar refractivity (Wildman–Crippen MR) is 76.4 cm³/mol. The van der Waals surface area contributed by atoms with Gasteiger partial charge in [-0.3, -0.25) is 5.32 Å². The maximum absolute atomic E-state index is 12.7. The van der Waals surface area contributed by atoms with Crippen LogP contribution in [0.4, 0.5) is 23.8 Å². The number of benzene rings is 1. The number of anilines is 1. The van der Waals surface area contributed by atoms with E-state index >= 15 is 0 Å². The number of rotatable bonds is 4. The monoisotopic (exact) mass is 340 g/mol. The van der Waals surface area contributed by atoms with E-state index in [0.29, 0.717) is 17.7 Å². The van der Waals surface area contributed by atoms with Crippen LogP contribution in [0.15, 0.2) is 42.5 Å². The molecule has 0 bridgehead atoms. The molecule has 0 radical (unpaired) electrons. The molecule has 2 aromatic rings. The van der Waals surface area contributed by atoms with Gasteiger partial charge in [0.2, 0.25) is 0 Å². The Labute approximate surface area is 133 Å². The van der Waals surface area contributed by atoms with Crippen molar-refractivity contribution in [1.82, 2.24) is 4.98 Å². The molecule has 1 aromatic heterocycles. The predicted octanol–water partition coefficient (Wildman–Crippen LogP) is 3.55. The molecule has 0 unspecified atom stereocenters. The smallest absolute Gasteiger partial charge is 0.433 e. The fourth-order valence-corrected chi connectivity index (χ4v) is 1.74. The number of carbonyl (C=O) groups is 2. The summed E-state index contributed by atoms with van der Waals surface area (Å²) >= 11 is 0. The van der Waals surface area contributed by atoms with Gasteiger partial charge in [-0.05, 0) is 17.7 Å². The highest BCUT2D eigenvalue weighted by atomic mass is 19.4. The molecule has 9 heteroatoms. The van der Waals surface area contributed by atoms with Gasteiger partial charge in [0, 0.05) is 0 Å². The van der Waals surface area contributed by atoms with Gasteiger partial charge in [0.15, 0.2) is 5.82 Å². The van der Waals surface area contributed by atoms with Crippen molar-refractivity contribution in [3.63, 3.8) is 0 Å². The number of hydrogen-bond acceptors (Lipinski definition) is 4. The number of halogens is 3. The molecule has 1 heterocycles. The number of nitrogens with one attached hydrogen (secondary N) is 1. The summed E-state index contributed by atoms with van der Waals surface area (Å²) < 4.78 is 42.8. The number of carboxylic acids is 1. The molecule has 126 valence electrons. The van der Waals surface area contributed by atoms with Gasteiger partial charge in [-0.25, -0.2) is 14.6 Å². The standard InChI is InChI=1S/C15H11F3N2O4/c16-15(17,18)11-7-6-10(13(21)22)12(19-11)20-14(23)24-8-9-4-2-1-3-5-9/h1-7H,8H2,(H,21,22)(H,19,20,23). The summed E-state index contributed by atoms with van der Waals surface area (Å²) in [7, 11) is 0. The molecule has 6 nitrogen and oxygen atoms in total. The summed E-state index contributed by atoms with van der Waals surface area (Å²) in [5.74, 6) is -2.27. The molecule has 24 heavy (non-hydrogen) atoms. The lowest BCUT2D eigenvalue weighted by molar-refractivity contribution is -0.141. The molecule has 1 amide bonds. The van der Waals surface area contributed by atoms with Crippen LogP contribution in [0.1, 0.15) is 21.6 Å². The first-order valence-corrected chi connectivity index (χ1v) is 6.56. The van der Waals surface area contributed by atoms with E-state index in [2.05, 4.69) is 4.98 Å². The molecule has 0 aliphatic heterocycles. The van der Waals surface area contributed by atoms with Crippen LogP contribution in [-0.2, 0) is 17.5 Å². The highest BCUT2D eigenvalue weighted by Crippen LogP contribution is 2.29. The van der Waals surface area contributed by atoms with Crippen molar-refractivity contribution in [2.75, 3.05) is 5.32 Å². The summed E-state index contributed by atoms with van der Waals surface area (Å²) in [6.07, 6.45) is -5.89. The van der Waals surface area contributed by atoms with Crippen LogP contribution in [0.3, 0.4) is 0 Å². The first kappa shape index (κ1) is 17.3. The SMILES string of the molecule is O=C(Nc1nc(C(F)(F)F)ccc1C(=O)O)OCc1ccccc1. The van der Waals surface area contributed by atoms with Crippen molar-refractivity contribution in [3.05, 3.63) is 59.3 Å². The van der Waals surface area contributed by atoms with Crippen LogP contribution in [0.5, 0.6) is 0 Å². The average Bonchev–Trinajstić information content (AvgIpc) is 2.53. The van der Waals surface area contributed by atoms with Crippen molar-refractivity contribution < 1.29 is 32.6 Å². The Bertz CT molecular complexity index is 748. The fourth-order valence-electron chi connectivity index (χ4n) is 1.74. The normalized spacial score (nSPS) is 11.0. The van der Waals surface area contributed by atoms with E-state index in [9.17, 15) is 22.8 Å². The van der Waals surface area contributed by atoms with E-state index in [-0.39, 0.29) is 6.61 Å². The van der Waals surface area contributed by atoms with Crippen LogP contribution in [-0.4, -0.2) is 22.2 Å². The van der Waals surface area contributed by atoms with Crippen LogP contribution in [0, 0.1) is 0 Å². The first-order valence-electron chi connectivity index (χ1n) is 6.56. The second-order valence-corrected chi connectivity index (χ2v) is 4.58. The molecule has 1 aromatic carbocycles. The number of hydrogen-bond donors (Lipinski definition) is 2. The van der Waals surface area contributed by atoms with Gasteiger partial charge < -0.3 is 9.84 Å². The Morgan fingerprint density at radius 1 is 1.12 bits per heavy atom. The number of pyridine rings is 1. The molecule has 0 spiro atoms. The Kier molecular flexibility index (Phi) is 5.02. The quantitative estimate of drug-likeness (QED) is 0.889. The number of carbonyl (C=O) groups excluding carboxylic acids is 1. The van der Waals surface area contributed by atoms with Gasteiger partial charge in [-0.1, -0.05) is 30.3 Å². The summed E-state index contributed by atoms with van der Waals surface area (Å²) in [5.41, 5.74) is -1.26. The third-order valence-corrected chi connectivity index (χ3v) is 2.85. The molecule has 0 saturated heterocycles. The second-order valence-electron chi connectivity index (χ2n) is 4.58. The first-order chi connectivity index (χ1) is 11.3. The summed E-state index contributed by atoms with van der Waals surface area (Å²) in [6, 6.07) is 9.78. The third kappa shape index (κ3) is 4.45. The minimum atomic E-state index is -4.78. The van der Waals surface area contributed by atoms with Gasteiger partial charge >= 0.3 is 18.2 Å². The number of nitrogens with zero attached hydrogens (tertiary/aromatic N) is 1. The number of ether oxygens (including phenoxy) is 1. The van der Waals surface area contributed by atoms with Gasteiger partial charge in [0.05, 0.1) is 0 Å². The van der Waals surface area contributed by atoms with E-state index in [0.717, 1.165) is 0 Å². The second kappa shape index (κ2) is 6.99. The Balaban J connectivity index is 2.14. The molecule has 0 saturated carbocycles. The number of aromatic carboxylic acids is 1. The molecular formula is C15H11F3N2O4. The highest BCUT2D eigenvalue weighted by molar-refractivity contribution is 5.97. The van der Waals surface area contributed by atoms with Gasteiger partial charge in [-0.2, -0.15) is 13.2 Å². The van der Waals surface area contributed by atoms with E-state index in [1.54, 1.807) is 30.3 Å². The van der Waals surface area contributed by atoms with Crippen molar-refractivity contribution in [3.8, 4) is 0 Å². The zero-order valence-corrected chi connectivity index (χ0v) is 12.0. The Hall–Kier alpha value is -3.10. The molecule has 0 atom stereocenters. The van der Waals surface area contributed by atoms with Crippen LogP contribution in [0.2, 0.25) is 0 Å². The molecule has 0 fully saturated rings. The maximum atomic E-state index is 12.7. The number of aromatic nitrogens is 1. The zero-order chi connectivity index (χ0) is 17.7. The fraction of sp³-hybridized carbons (Fsp3) is 0.133. The van der Waals surface area contributed by atoms with E-state index in [1.807, 2.05) is 5.32 Å². The minimum Gasteiger partial charge on any atom is -0.478 e. The highest BCUT2D eigenvalue weighted by Gasteiger charge is 2.33. The minimum absolute atomic E-state index is 0.131. The lowest BCUT2D eigenvalue weighted by Gasteiger charge is -2.11. The number of alkyl halides is 3. The molecule has 2 N–H and O–H groups in total. The van der Waals surface area contributed by atoms with E-state index < -0.39 is 35.3 Å². The van der Waals surface area contributed by atoms with Gasteiger partial charge in [0.1, 0.15) is 17.9 Å². The zero-order valence-electron chi connectivity index (χ0n) is 12.0. The average molecular weight is 340 g/mol. The van der Waals surface area contributed by atoms with E-state index in [4.69, 9.17) is 9.84 Å². The molecule has 0 aliphatic carbocycles. The lowest BCUT2D eigenvalue weighted by Crippen LogP contribution is -2.19. The maximum Gasteiger partial charge on any atom is 0.433 e. The van der Waals surface area contributed by atoms with Crippen LogP contribution >= 0.6 is 0 Å².